The van der Waals surface area contributed by atoms with Crippen LogP contribution in [0.4, 0.5) is 0 Å². The van der Waals surface area contributed by atoms with Crippen molar-refractivity contribution in [3.05, 3.63) is 35.9 Å². The van der Waals surface area contributed by atoms with Crippen LogP contribution >= 0.6 is 0 Å². The third kappa shape index (κ3) is 7.54. The third-order valence-corrected chi connectivity index (χ3v) is 1.66. The van der Waals surface area contributed by atoms with Crippen molar-refractivity contribution in [3.8, 4) is 0 Å². The summed E-state index contributed by atoms with van der Waals surface area (Å²) in [7, 11) is 0. The second kappa shape index (κ2) is 9.27. The van der Waals surface area contributed by atoms with Crippen LogP contribution in [0, 0.1) is 0 Å². The largest absolute Gasteiger partial charge is 0.397 e. The molecule has 0 aromatic heterocycles. The van der Waals surface area contributed by atoms with Crippen LogP contribution in [0.5, 0.6) is 0 Å². The molecule has 0 bridgehead atoms. The van der Waals surface area contributed by atoms with Crippen LogP contribution in [-0.2, 0) is 6.42 Å². The highest BCUT2D eigenvalue weighted by atomic mass is 16.2. The molecule has 0 aliphatic heterocycles. The maximum atomic E-state index is 7.57. The van der Waals surface area contributed by atoms with E-state index in [4.69, 9.17) is 5.11 Å². The van der Waals surface area contributed by atoms with Crippen molar-refractivity contribution in [1.29, 1.82) is 0 Å². The number of aryl methyl sites for hydroxylation is 1. The minimum Gasteiger partial charge on any atom is -0.397 e. The van der Waals surface area contributed by atoms with Gasteiger partial charge in [-0.25, -0.2) is 0 Å². The number of rotatable bonds is 3. The lowest BCUT2D eigenvalue weighted by molar-refractivity contribution is 0.318. The first kappa shape index (κ1) is 12.2. The number of hydrogen-bond donors (Lipinski definition) is 1. The van der Waals surface area contributed by atoms with Crippen molar-refractivity contribution < 1.29 is 5.11 Å². The number of aliphatic hydroxyl groups excluding tert-OH is 1. The Morgan fingerprint density at radius 1 is 1.08 bits per heavy atom. The Labute approximate surface area is 81.4 Å². The first-order chi connectivity index (χ1) is 6.35. The molecule has 1 nitrogen and oxygen atoms in total. The fourth-order valence-electron chi connectivity index (χ4n) is 1.03. The Balaban J connectivity index is 0.000000424. The average molecular weight is 180 g/mol. The monoisotopic (exact) mass is 180 g/mol. The molecule has 0 aliphatic rings. The van der Waals surface area contributed by atoms with Crippen LogP contribution in [0.3, 0.4) is 0 Å². The summed E-state index contributed by atoms with van der Waals surface area (Å²) in [4.78, 5) is 0. The first-order valence-corrected chi connectivity index (χ1v) is 4.99. The zero-order valence-corrected chi connectivity index (χ0v) is 8.66. The highest BCUT2D eigenvalue weighted by molar-refractivity contribution is 5.14. The fourth-order valence-corrected chi connectivity index (χ4v) is 1.03. The van der Waals surface area contributed by atoms with Crippen LogP contribution < -0.4 is 0 Å². The molecular formula is C12H20O. The Kier molecular flexibility index (Phi) is 8.68. The second-order valence-electron chi connectivity index (χ2n) is 2.91. The van der Waals surface area contributed by atoms with Gasteiger partial charge in [-0.1, -0.05) is 43.7 Å². The van der Waals surface area contributed by atoms with Gasteiger partial charge in [0.2, 0.25) is 0 Å². The summed E-state index contributed by atoms with van der Waals surface area (Å²) in [5, 5.41) is 7.57. The summed E-state index contributed by atoms with van der Waals surface area (Å²) in [6.45, 7) is 4.16. The van der Waals surface area contributed by atoms with Gasteiger partial charge in [0.1, 0.15) is 0 Å². The van der Waals surface area contributed by atoms with Gasteiger partial charge in [-0.15, -0.1) is 0 Å². The van der Waals surface area contributed by atoms with Crippen LogP contribution in [-0.4, -0.2) is 11.7 Å². The Morgan fingerprint density at radius 2 is 1.62 bits per heavy atom. The van der Waals surface area contributed by atoms with Crippen LogP contribution in [0.2, 0.25) is 0 Å². The number of benzene rings is 1. The van der Waals surface area contributed by atoms with Gasteiger partial charge in [-0.05, 0) is 25.3 Å². The molecule has 0 spiro atoms. The van der Waals surface area contributed by atoms with E-state index in [-0.39, 0.29) is 6.61 Å². The molecule has 0 fully saturated rings. The summed E-state index contributed by atoms with van der Waals surface area (Å²) in [5.41, 5.74) is 1.46. The quantitative estimate of drug-likeness (QED) is 0.758. The molecule has 0 amide bonds. The first-order valence-electron chi connectivity index (χ1n) is 4.99. The van der Waals surface area contributed by atoms with E-state index in [1.54, 1.807) is 6.92 Å². The molecule has 74 valence electrons. The van der Waals surface area contributed by atoms with E-state index < -0.39 is 0 Å². The van der Waals surface area contributed by atoms with Gasteiger partial charge in [-0.3, -0.25) is 0 Å². The normalized spacial score (nSPS) is 8.85. The zero-order valence-electron chi connectivity index (χ0n) is 8.66. The van der Waals surface area contributed by atoms with E-state index in [1.165, 1.54) is 24.8 Å². The van der Waals surface area contributed by atoms with Gasteiger partial charge in [0, 0.05) is 6.61 Å². The summed E-state index contributed by atoms with van der Waals surface area (Å²) < 4.78 is 0. The predicted molar refractivity (Wildman–Crippen MR) is 57.8 cm³/mol. The van der Waals surface area contributed by atoms with Crippen LogP contribution in [0.1, 0.15) is 32.3 Å². The smallest absolute Gasteiger partial charge is 0.0402 e. The minimum atomic E-state index is 0.250. The number of unbranched alkanes of at least 4 members (excludes halogenated alkanes) is 1. The second-order valence-corrected chi connectivity index (χ2v) is 2.91. The molecule has 0 saturated carbocycles. The maximum absolute atomic E-state index is 7.57. The van der Waals surface area contributed by atoms with Crippen molar-refractivity contribution in [1.82, 2.24) is 0 Å². The lowest BCUT2D eigenvalue weighted by atomic mass is 10.1. The van der Waals surface area contributed by atoms with Crippen molar-refractivity contribution in [2.24, 2.45) is 0 Å². The molecule has 0 radical (unpaired) electrons. The lowest BCUT2D eigenvalue weighted by Gasteiger charge is -1.96. The molecule has 0 saturated heterocycles. The van der Waals surface area contributed by atoms with Gasteiger partial charge in [-0.2, -0.15) is 0 Å². The molecule has 13 heavy (non-hydrogen) atoms. The molecule has 1 aromatic carbocycles. The lowest BCUT2D eigenvalue weighted by Crippen LogP contribution is -1.81. The molecule has 1 rings (SSSR count). The predicted octanol–water partition coefficient (Wildman–Crippen LogP) is 3.03. The van der Waals surface area contributed by atoms with Crippen LogP contribution in [0.25, 0.3) is 0 Å². The summed E-state index contributed by atoms with van der Waals surface area (Å²) in [6, 6.07) is 10.6. The molecule has 0 unspecified atom stereocenters. The number of hydrogen-bond acceptors (Lipinski definition) is 1. The SMILES string of the molecule is CCCCc1ccccc1.CCO. The van der Waals surface area contributed by atoms with E-state index >= 15 is 0 Å². The van der Waals surface area contributed by atoms with Gasteiger partial charge in [0.25, 0.3) is 0 Å². The Bertz CT molecular complexity index is 182. The number of aliphatic hydroxyl groups is 1. The molecule has 0 atom stereocenters. The summed E-state index contributed by atoms with van der Waals surface area (Å²) in [5.74, 6) is 0. The van der Waals surface area contributed by atoms with Crippen LogP contribution in [0.15, 0.2) is 30.3 Å². The topological polar surface area (TPSA) is 20.2 Å². The highest BCUT2D eigenvalue weighted by Gasteiger charge is 1.87. The Hall–Kier alpha value is -0.820. The van der Waals surface area contributed by atoms with E-state index in [0.29, 0.717) is 0 Å². The van der Waals surface area contributed by atoms with E-state index in [1.807, 2.05) is 0 Å². The van der Waals surface area contributed by atoms with Crippen molar-refractivity contribution in [2.75, 3.05) is 6.61 Å². The third-order valence-electron chi connectivity index (χ3n) is 1.66. The molecule has 1 N–H and O–H groups in total. The van der Waals surface area contributed by atoms with Gasteiger partial charge < -0.3 is 5.11 Å². The summed E-state index contributed by atoms with van der Waals surface area (Å²) >= 11 is 0. The summed E-state index contributed by atoms with van der Waals surface area (Å²) in [6.07, 6.45) is 3.83. The van der Waals surface area contributed by atoms with Gasteiger partial charge in [0.05, 0.1) is 0 Å². The van der Waals surface area contributed by atoms with E-state index in [2.05, 4.69) is 37.3 Å². The standard InChI is InChI=1S/C10H14.C2H6O/c1-2-3-7-10-8-5-4-6-9-10;1-2-3/h4-6,8-9H,2-3,7H2,1H3;3H,2H2,1H3. The maximum Gasteiger partial charge on any atom is 0.0402 e. The van der Waals surface area contributed by atoms with Crippen molar-refractivity contribution in [2.45, 2.75) is 33.1 Å². The van der Waals surface area contributed by atoms with Gasteiger partial charge in [0.15, 0.2) is 0 Å². The molecule has 1 heteroatoms. The highest BCUT2D eigenvalue weighted by Crippen LogP contribution is 2.03. The van der Waals surface area contributed by atoms with E-state index in [0.717, 1.165) is 0 Å². The van der Waals surface area contributed by atoms with E-state index in [9.17, 15) is 0 Å². The fraction of sp³-hybridized carbons (Fsp3) is 0.500. The zero-order chi connectivity index (χ0) is 9.94. The van der Waals surface area contributed by atoms with Crippen molar-refractivity contribution >= 4 is 0 Å². The molecule has 1 aromatic rings. The molecule has 0 heterocycles. The molecule has 0 aliphatic carbocycles. The Morgan fingerprint density at radius 3 is 2.08 bits per heavy atom. The van der Waals surface area contributed by atoms with Gasteiger partial charge >= 0.3 is 0 Å². The average Bonchev–Trinajstić information content (AvgIpc) is 2.18. The molecular weight excluding hydrogens is 160 g/mol. The minimum absolute atomic E-state index is 0.250. The van der Waals surface area contributed by atoms with Crippen molar-refractivity contribution in [3.63, 3.8) is 0 Å².